The van der Waals surface area contributed by atoms with Gasteiger partial charge in [-0.2, -0.15) is 24.9 Å². The minimum Gasteiger partial charge on any atom is -0.390 e. The van der Waals surface area contributed by atoms with Crippen LogP contribution in [0.2, 0.25) is 0 Å². The maximum atomic E-state index is 12.5. The molecule has 3 fully saturated rings. The van der Waals surface area contributed by atoms with Crippen molar-refractivity contribution in [2.45, 2.75) is 67.5 Å². The van der Waals surface area contributed by atoms with E-state index in [9.17, 15) is 23.1 Å². The van der Waals surface area contributed by atoms with Gasteiger partial charge in [0.25, 0.3) is 0 Å². The predicted octanol–water partition coefficient (Wildman–Crippen LogP) is -0.978. The number of thioether (sulfide) groups is 1. The standard InChI is InChI=1S/C20H28N12O6S2/c21-17-15-18(24-7-23-17)32(8-25-15)19-14(29-31-22)16(34)10(38-19)5-26-40(36,37)30-12(33)4-2-1-3-11-13-9(6-39-11)27-20(35)28-13/h7-11,13-14,16,19,26,34H,1-6H2,(H,30,33)(H2,21,23,24)(H2,27,28,35)/t9-,10+,11-,13-,14+,16+,19+/m0/s1. The number of hydrogen-bond acceptors (Lipinski definition) is 12. The second-order valence-corrected chi connectivity index (χ2v) is 12.4. The summed E-state index contributed by atoms with van der Waals surface area (Å²) in [5.74, 6) is 0.276. The SMILES string of the molecule is [N-]=[N+]=N[C@@H]1[C@H](O)[C@@H](CNS(=O)(=O)NC(=O)CCCC[C@@H]2SC[C@@H]3NC(=O)N[C@@H]32)O[C@H]1n1cnc2c(N)ncnc21. The highest BCUT2D eigenvalue weighted by Gasteiger charge is 2.45. The number of imidazole rings is 1. The lowest BCUT2D eigenvalue weighted by molar-refractivity contribution is -0.119. The van der Waals surface area contributed by atoms with Crippen LogP contribution in [-0.4, -0.2) is 92.9 Å². The molecule has 3 aliphatic heterocycles. The van der Waals surface area contributed by atoms with Gasteiger partial charge < -0.3 is 26.2 Å². The fourth-order valence-electron chi connectivity index (χ4n) is 5.07. The highest BCUT2D eigenvalue weighted by atomic mass is 32.2. The average molecular weight is 597 g/mol. The van der Waals surface area contributed by atoms with Crippen molar-refractivity contribution in [1.82, 2.24) is 39.6 Å². The summed E-state index contributed by atoms with van der Waals surface area (Å²) in [7, 11) is -4.26. The summed E-state index contributed by atoms with van der Waals surface area (Å²) < 4.78 is 36.3. The Bertz CT molecular complexity index is 1430. The summed E-state index contributed by atoms with van der Waals surface area (Å²) in [5, 5.41) is 20.4. The van der Waals surface area contributed by atoms with E-state index in [1.807, 2.05) is 4.72 Å². The topological polar surface area (TPSA) is 264 Å². The van der Waals surface area contributed by atoms with Crippen molar-refractivity contribution in [3.8, 4) is 0 Å². The fourth-order valence-corrected chi connectivity index (χ4v) is 7.47. The van der Waals surface area contributed by atoms with Crippen LogP contribution in [0.25, 0.3) is 21.6 Å². The van der Waals surface area contributed by atoms with Crippen LogP contribution in [0.4, 0.5) is 10.6 Å². The molecule has 18 nitrogen and oxygen atoms in total. The van der Waals surface area contributed by atoms with Gasteiger partial charge in [-0.3, -0.25) is 9.36 Å². The lowest BCUT2D eigenvalue weighted by Gasteiger charge is -2.17. The number of aromatic nitrogens is 4. The number of aliphatic hydroxyl groups excluding tert-OH is 1. The average Bonchev–Trinajstić information content (AvgIpc) is 3.65. The molecule has 7 N–H and O–H groups in total. The highest BCUT2D eigenvalue weighted by Crippen LogP contribution is 2.35. The van der Waals surface area contributed by atoms with Gasteiger partial charge in [0.2, 0.25) is 5.91 Å². The Balaban J connectivity index is 1.11. The highest BCUT2D eigenvalue weighted by molar-refractivity contribution is 8.00. The molecule has 20 heteroatoms. The minimum atomic E-state index is -4.26. The molecule has 0 unspecified atom stereocenters. The summed E-state index contributed by atoms with van der Waals surface area (Å²) in [6.45, 7) is -0.414. The Morgan fingerprint density at radius 1 is 1.35 bits per heavy atom. The molecule has 2 aromatic heterocycles. The molecule has 0 radical (unpaired) electrons. The number of fused-ring (bicyclic) bond motifs is 2. The van der Waals surface area contributed by atoms with Crippen LogP contribution in [0.1, 0.15) is 31.9 Å². The summed E-state index contributed by atoms with van der Waals surface area (Å²) >= 11 is 1.77. The number of unbranched alkanes of at least 4 members (excludes halogenated alkanes) is 1. The molecule has 40 heavy (non-hydrogen) atoms. The first-order valence-corrected chi connectivity index (χ1v) is 15.0. The van der Waals surface area contributed by atoms with E-state index in [0.29, 0.717) is 12.8 Å². The van der Waals surface area contributed by atoms with E-state index in [1.165, 1.54) is 17.2 Å². The number of carbonyl (C=O) groups is 2. The van der Waals surface area contributed by atoms with E-state index < -0.39 is 47.1 Å². The van der Waals surface area contributed by atoms with E-state index in [-0.39, 0.29) is 46.8 Å². The van der Waals surface area contributed by atoms with Crippen LogP contribution < -0.4 is 25.8 Å². The number of anilines is 1. The van der Waals surface area contributed by atoms with Gasteiger partial charge in [-0.15, -0.1) is 0 Å². The number of nitrogens with two attached hydrogens (primary N) is 1. The quantitative estimate of drug-likeness (QED) is 0.0603. The van der Waals surface area contributed by atoms with E-state index in [2.05, 4.69) is 40.3 Å². The molecule has 0 bridgehead atoms. The van der Waals surface area contributed by atoms with Crippen LogP contribution in [-0.2, 0) is 19.7 Å². The number of azide groups is 1. The largest absolute Gasteiger partial charge is 0.390 e. The fraction of sp³-hybridized carbons (Fsp3) is 0.650. The lowest BCUT2D eigenvalue weighted by Crippen LogP contribution is -2.45. The van der Waals surface area contributed by atoms with E-state index >= 15 is 0 Å². The number of amides is 3. The van der Waals surface area contributed by atoms with Gasteiger partial charge in [0.15, 0.2) is 11.5 Å². The zero-order chi connectivity index (χ0) is 28.4. The molecular weight excluding hydrogens is 568 g/mol. The normalized spacial score (nSPS) is 29.5. The third-order valence-corrected chi connectivity index (χ3v) is 9.54. The van der Waals surface area contributed by atoms with Gasteiger partial charge in [-0.25, -0.2) is 24.5 Å². The second kappa shape index (κ2) is 11.6. The number of carbonyl (C=O) groups excluding carboxylic acids is 2. The van der Waals surface area contributed by atoms with Crippen LogP contribution in [0.5, 0.6) is 0 Å². The van der Waals surface area contributed by atoms with Crippen molar-refractivity contribution < 1.29 is 27.9 Å². The second-order valence-electron chi connectivity index (χ2n) is 9.58. The Morgan fingerprint density at radius 3 is 2.98 bits per heavy atom. The maximum absolute atomic E-state index is 12.5. The van der Waals surface area contributed by atoms with E-state index in [1.54, 1.807) is 11.8 Å². The number of urea groups is 1. The van der Waals surface area contributed by atoms with Crippen LogP contribution in [0, 0.1) is 0 Å². The first-order valence-electron chi connectivity index (χ1n) is 12.5. The van der Waals surface area contributed by atoms with Gasteiger partial charge in [-0.1, -0.05) is 11.5 Å². The third-order valence-electron chi connectivity index (χ3n) is 6.99. The molecule has 216 valence electrons. The van der Waals surface area contributed by atoms with Crippen molar-refractivity contribution >= 4 is 50.9 Å². The molecular formula is C20H28N12O6S2. The van der Waals surface area contributed by atoms with Crippen molar-refractivity contribution in [3.63, 3.8) is 0 Å². The molecule has 3 aliphatic rings. The Labute approximate surface area is 232 Å². The zero-order valence-electron chi connectivity index (χ0n) is 21.0. The Kier molecular flexibility index (Phi) is 8.15. The molecule has 0 aliphatic carbocycles. The Morgan fingerprint density at radius 2 is 2.17 bits per heavy atom. The van der Waals surface area contributed by atoms with E-state index in [4.69, 9.17) is 16.0 Å². The molecule has 0 aromatic carbocycles. The number of nitrogens with one attached hydrogen (secondary N) is 4. The lowest BCUT2D eigenvalue weighted by atomic mass is 10.0. The van der Waals surface area contributed by atoms with Crippen LogP contribution in [0.15, 0.2) is 17.8 Å². The van der Waals surface area contributed by atoms with Gasteiger partial charge in [0.1, 0.15) is 30.2 Å². The molecule has 2 aromatic rings. The molecule has 0 spiro atoms. The number of rotatable bonds is 11. The molecule has 5 rings (SSSR count). The van der Waals surface area contributed by atoms with Crippen LogP contribution in [0.3, 0.4) is 0 Å². The number of aliphatic hydroxyl groups is 1. The summed E-state index contributed by atoms with van der Waals surface area (Å²) in [4.78, 5) is 38.6. The number of nitrogen functional groups attached to an aromatic ring is 1. The smallest absolute Gasteiger partial charge is 0.315 e. The molecule has 7 atom stereocenters. The summed E-state index contributed by atoms with van der Waals surface area (Å²) in [5.41, 5.74) is 15.4. The predicted molar refractivity (Wildman–Crippen MR) is 142 cm³/mol. The molecule has 0 saturated carbocycles. The monoisotopic (exact) mass is 596 g/mol. The van der Waals surface area contributed by atoms with Gasteiger partial charge in [0, 0.05) is 28.9 Å². The van der Waals surface area contributed by atoms with Gasteiger partial charge >= 0.3 is 16.2 Å². The first kappa shape index (κ1) is 28.1. The van der Waals surface area contributed by atoms with Gasteiger partial charge in [0.05, 0.1) is 24.5 Å². The van der Waals surface area contributed by atoms with Gasteiger partial charge in [-0.05, 0) is 18.4 Å². The third kappa shape index (κ3) is 5.86. The van der Waals surface area contributed by atoms with E-state index in [0.717, 1.165) is 12.2 Å². The zero-order valence-corrected chi connectivity index (χ0v) is 22.6. The summed E-state index contributed by atoms with van der Waals surface area (Å²) in [6.07, 6.45) is 0.950. The first-order chi connectivity index (χ1) is 19.2. The number of nitrogens with zero attached hydrogens (tertiary/aromatic N) is 7. The molecule has 3 amide bonds. The Hall–Kier alpha value is -3.42. The minimum absolute atomic E-state index is 0.000716. The number of hydrogen-bond donors (Lipinski definition) is 6. The molecule has 5 heterocycles. The van der Waals surface area contributed by atoms with Crippen molar-refractivity contribution in [3.05, 3.63) is 23.1 Å². The molecule has 3 saturated heterocycles. The van der Waals surface area contributed by atoms with Crippen molar-refractivity contribution in [2.75, 3.05) is 18.0 Å². The van der Waals surface area contributed by atoms with Crippen LogP contribution >= 0.6 is 11.8 Å². The number of ether oxygens (including phenoxy) is 1. The summed E-state index contributed by atoms with van der Waals surface area (Å²) in [6, 6.07) is -1.11. The van der Waals surface area contributed by atoms with Crippen molar-refractivity contribution in [2.24, 2.45) is 5.11 Å². The van der Waals surface area contributed by atoms with Crippen molar-refractivity contribution in [1.29, 1.82) is 0 Å². The maximum Gasteiger partial charge on any atom is 0.315 e.